The molecule has 4 heteroatoms. The van der Waals surface area contributed by atoms with Crippen LogP contribution in [-0.2, 0) is 9.59 Å². The number of hydrogen-bond donors (Lipinski definition) is 1. The van der Waals surface area contributed by atoms with Crippen molar-refractivity contribution in [1.82, 2.24) is 4.90 Å². The maximum absolute atomic E-state index is 12.5. The van der Waals surface area contributed by atoms with Crippen molar-refractivity contribution in [1.29, 1.82) is 0 Å². The zero-order valence-corrected chi connectivity index (χ0v) is 10.6. The zero-order valence-electron chi connectivity index (χ0n) is 10.6. The maximum atomic E-state index is 12.5. The summed E-state index contributed by atoms with van der Waals surface area (Å²) < 4.78 is 0. The summed E-state index contributed by atoms with van der Waals surface area (Å²) in [7, 11) is 0. The molecule has 98 valence electrons. The molecule has 0 radical (unpaired) electrons. The Balaban J connectivity index is 1.76. The van der Waals surface area contributed by atoms with E-state index < -0.39 is 12.0 Å². The van der Waals surface area contributed by atoms with Crippen LogP contribution in [0.5, 0.6) is 0 Å². The minimum absolute atomic E-state index is 0.0344. The molecule has 5 atom stereocenters. The highest BCUT2D eigenvalue weighted by Gasteiger charge is 2.46. The number of hydrogen-bond acceptors (Lipinski definition) is 2. The van der Waals surface area contributed by atoms with Crippen molar-refractivity contribution >= 4 is 11.9 Å². The Hall–Kier alpha value is -1.32. The first kappa shape index (κ1) is 11.8. The lowest BCUT2D eigenvalue weighted by atomic mass is 9.91. The number of carboxylic acid groups (broad SMARTS) is 1. The number of allylic oxidation sites excluding steroid dienone is 2. The lowest BCUT2D eigenvalue weighted by molar-refractivity contribution is -0.151. The maximum Gasteiger partial charge on any atom is 0.326 e. The molecule has 1 saturated heterocycles. The molecule has 2 fully saturated rings. The number of nitrogens with zero attached hydrogens (tertiary/aromatic N) is 1. The van der Waals surface area contributed by atoms with Crippen LogP contribution in [0.15, 0.2) is 12.2 Å². The van der Waals surface area contributed by atoms with Crippen molar-refractivity contribution in [3.8, 4) is 0 Å². The molecule has 1 saturated carbocycles. The summed E-state index contributed by atoms with van der Waals surface area (Å²) in [6, 6.07) is -0.611. The van der Waals surface area contributed by atoms with Gasteiger partial charge in [-0.2, -0.15) is 0 Å². The Bertz CT molecular complexity index is 417. The van der Waals surface area contributed by atoms with Gasteiger partial charge in [-0.25, -0.2) is 4.79 Å². The summed E-state index contributed by atoms with van der Waals surface area (Å²) in [4.78, 5) is 25.4. The third kappa shape index (κ3) is 1.66. The van der Waals surface area contributed by atoms with Gasteiger partial charge < -0.3 is 10.0 Å². The SMILES string of the molecule is CC1CCN(C(=O)C2CC3C=CC2C3)C1C(=O)O. The molecule has 3 aliphatic rings. The molecule has 1 aliphatic heterocycles. The van der Waals surface area contributed by atoms with Gasteiger partial charge in [0, 0.05) is 12.5 Å². The van der Waals surface area contributed by atoms with E-state index in [1.54, 1.807) is 4.90 Å². The van der Waals surface area contributed by atoms with Crippen molar-refractivity contribution in [2.45, 2.75) is 32.2 Å². The monoisotopic (exact) mass is 249 g/mol. The first-order chi connectivity index (χ1) is 8.58. The number of aliphatic carboxylic acids is 1. The van der Waals surface area contributed by atoms with Crippen LogP contribution in [0.1, 0.15) is 26.2 Å². The fourth-order valence-electron chi connectivity index (χ4n) is 3.85. The predicted molar refractivity (Wildman–Crippen MR) is 65.8 cm³/mol. The van der Waals surface area contributed by atoms with Gasteiger partial charge in [0.1, 0.15) is 6.04 Å². The van der Waals surface area contributed by atoms with Gasteiger partial charge in [0.05, 0.1) is 0 Å². The van der Waals surface area contributed by atoms with Crippen LogP contribution in [0, 0.1) is 23.7 Å². The van der Waals surface area contributed by atoms with Gasteiger partial charge in [0.25, 0.3) is 0 Å². The Morgan fingerprint density at radius 2 is 2.06 bits per heavy atom. The Kier molecular flexibility index (Phi) is 2.68. The summed E-state index contributed by atoms with van der Waals surface area (Å²) in [6.07, 6.45) is 7.15. The van der Waals surface area contributed by atoms with Gasteiger partial charge in [-0.15, -0.1) is 0 Å². The second kappa shape index (κ2) is 4.11. The fourth-order valence-corrected chi connectivity index (χ4v) is 3.85. The average Bonchev–Trinajstić information content (AvgIpc) is 3.01. The van der Waals surface area contributed by atoms with Gasteiger partial charge in [-0.1, -0.05) is 19.1 Å². The normalized spacial score (nSPS) is 41.6. The van der Waals surface area contributed by atoms with Gasteiger partial charge in [0.2, 0.25) is 5.91 Å². The number of carboxylic acids is 1. The molecule has 2 aliphatic carbocycles. The van der Waals surface area contributed by atoms with E-state index in [9.17, 15) is 14.7 Å². The summed E-state index contributed by atoms with van der Waals surface area (Å²) in [5.74, 6) is 0.225. The molecule has 3 rings (SSSR count). The second-order valence-electron chi connectivity index (χ2n) is 5.97. The van der Waals surface area contributed by atoms with E-state index in [4.69, 9.17) is 0 Å². The van der Waals surface area contributed by atoms with Gasteiger partial charge >= 0.3 is 5.97 Å². The molecular formula is C14H19NO3. The summed E-state index contributed by atoms with van der Waals surface area (Å²) in [5, 5.41) is 9.27. The van der Waals surface area contributed by atoms with Crippen molar-refractivity contribution in [2.24, 2.45) is 23.7 Å². The van der Waals surface area contributed by atoms with Crippen LogP contribution in [-0.4, -0.2) is 34.5 Å². The first-order valence-electron chi connectivity index (χ1n) is 6.79. The van der Waals surface area contributed by atoms with E-state index in [0.717, 1.165) is 19.3 Å². The number of carbonyl (C=O) groups is 2. The second-order valence-corrected chi connectivity index (χ2v) is 5.97. The standard InChI is InChI=1S/C14H19NO3/c1-8-4-5-15(12(8)14(17)18)13(16)11-7-9-2-3-10(11)6-9/h2-3,8-12H,4-7H2,1H3,(H,17,18). The van der Waals surface area contributed by atoms with Crippen molar-refractivity contribution in [3.63, 3.8) is 0 Å². The molecule has 1 amide bonds. The minimum Gasteiger partial charge on any atom is -0.480 e. The molecule has 5 unspecified atom stereocenters. The lowest BCUT2D eigenvalue weighted by Gasteiger charge is -2.28. The van der Waals surface area contributed by atoms with Crippen LogP contribution >= 0.6 is 0 Å². The minimum atomic E-state index is -0.855. The lowest BCUT2D eigenvalue weighted by Crippen LogP contribution is -2.46. The van der Waals surface area contributed by atoms with Crippen LogP contribution in [0.2, 0.25) is 0 Å². The third-order valence-electron chi connectivity index (χ3n) is 4.83. The van der Waals surface area contributed by atoms with Gasteiger partial charge in [-0.05, 0) is 37.0 Å². The van der Waals surface area contributed by atoms with Crippen LogP contribution in [0.3, 0.4) is 0 Å². The fraction of sp³-hybridized carbons (Fsp3) is 0.714. The summed E-state index contributed by atoms with van der Waals surface area (Å²) >= 11 is 0. The van der Waals surface area contributed by atoms with Crippen LogP contribution in [0.4, 0.5) is 0 Å². The predicted octanol–water partition coefficient (Wildman–Crippen LogP) is 1.52. The molecule has 0 aromatic heterocycles. The topological polar surface area (TPSA) is 57.6 Å². The van der Waals surface area contributed by atoms with Crippen LogP contribution in [0.25, 0.3) is 0 Å². The van der Waals surface area contributed by atoms with Crippen LogP contribution < -0.4 is 0 Å². The molecule has 1 heterocycles. The van der Waals surface area contributed by atoms with Gasteiger partial charge in [-0.3, -0.25) is 4.79 Å². The van der Waals surface area contributed by atoms with E-state index >= 15 is 0 Å². The number of fused-ring (bicyclic) bond motifs is 2. The van der Waals surface area contributed by atoms with Crippen molar-refractivity contribution < 1.29 is 14.7 Å². The number of carbonyl (C=O) groups excluding carboxylic acids is 1. The molecule has 0 aromatic rings. The Morgan fingerprint density at radius 3 is 2.61 bits per heavy atom. The summed E-state index contributed by atoms with van der Waals surface area (Å²) in [5.41, 5.74) is 0. The number of likely N-dealkylation sites (tertiary alicyclic amines) is 1. The van der Waals surface area contributed by atoms with Crippen molar-refractivity contribution in [3.05, 3.63) is 12.2 Å². The smallest absolute Gasteiger partial charge is 0.326 e. The van der Waals surface area contributed by atoms with Gasteiger partial charge in [0.15, 0.2) is 0 Å². The van der Waals surface area contributed by atoms with E-state index in [0.29, 0.717) is 18.4 Å². The highest BCUT2D eigenvalue weighted by molar-refractivity contribution is 5.86. The number of amides is 1. The number of rotatable bonds is 2. The average molecular weight is 249 g/mol. The van der Waals surface area contributed by atoms with Crippen molar-refractivity contribution in [2.75, 3.05) is 6.54 Å². The molecule has 0 aromatic carbocycles. The highest BCUT2D eigenvalue weighted by atomic mass is 16.4. The highest BCUT2D eigenvalue weighted by Crippen LogP contribution is 2.45. The Morgan fingerprint density at radius 1 is 1.28 bits per heavy atom. The molecule has 0 spiro atoms. The largest absolute Gasteiger partial charge is 0.480 e. The first-order valence-corrected chi connectivity index (χ1v) is 6.79. The molecule has 2 bridgehead atoms. The van der Waals surface area contributed by atoms with E-state index in [-0.39, 0.29) is 17.7 Å². The molecule has 4 nitrogen and oxygen atoms in total. The molecule has 18 heavy (non-hydrogen) atoms. The van der Waals surface area contributed by atoms with E-state index in [1.165, 1.54) is 0 Å². The summed E-state index contributed by atoms with van der Waals surface area (Å²) in [6.45, 7) is 2.53. The zero-order chi connectivity index (χ0) is 12.9. The molecule has 1 N–H and O–H groups in total. The Labute approximate surface area is 107 Å². The third-order valence-corrected chi connectivity index (χ3v) is 4.83. The van der Waals surface area contributed by atoms with E-state index in [1.807, 2.05) is 6.92 Å². The molecular weight excluding hydrogens is 230 g/mol. The quantitative estimate of drug-likeness (QED) is 0.755. The van der Waals surface area contributed by atoms with E-state index in [2.05, 4.69) is 12.2 Å².